The largest absolute Gasteiger partial charge is 0.497 e. The Morgan fingerprint density at radius 2 is 1.92 bits per heavy atom. The van der Waals surface area contributed by atoms with Gasteiger partial charge in [0.05, 0.1) is 7.11 Å². The first kappa shape index (κ1) is 17.8. The molecule has 0 spiro atoms. The molecule has 2 aromatic carbocycles. The Balaban J connectivity index is 2.27. The first-order valence-electron chi connectivity index (χ1n) is 7.13. The summed E-state index contributed by atoms with van der Waals surface area (Å²) in [5, 5.41) is 20.9. The maximum atomic E-state index is 14.3. The first-order valence-corrected chi connectivity index (χ1v) is 7.13. The highest BCUT2D eigenvalue weighted by molar-refractivity contribution is 6.58. The highest BCUT2D eigenvalue weighted by Gasteiger charge is 2.23. The summed E-state index contributed by atoms with van der Waals surface area (Å²) < 4.78 is 24.7. The molecule has 6 nitrogen and oxygen atoms in total. The number of amides is 1. The molecule has 2 aromatic rings. The second-order valence-electron chi connectivity index (χ2n) is 4.97. The molecular weight excluding hydrogens is 316 g/mol. The van der Waals surface area contributed by atoms with Gasteiger partial charge in [-0.05, 0) is 29.8 Å². The quantitative estimate of drug-likeness (QED) is 0.668. The number of hydrogen-bond acceptors (Lipinski definition) is 5. The van der Waals surface area contributed by atoms with Gasteiger partial charge in [-0.1, -0.05) is 12.1 Å². The lowest BCUT2D eigenvalue weighted by Crippen LogP contribution is -2.34. The fraction of sp³-hybridized carbons (Fsp3) is 0.188. The van der Waals surface area contributed by atoms with E-state index in [1.54, 1.807) is 31.4 Å². The van der Waals surface area contributed by atoms with Gasteiger partial charge in [-0.2, -0.15) is 0 Å². The fourth-order valence-electron chi connectivity index (χ4n) is 2.07. The molecule has 24 heavy (non-hydrogen) atoms. The van der Waals surface area contributed by atoms with Gasteiger partial charge in [0.15, 0.2) is 11.6 Å². The van der Waals surface area contributed by atoms with Crippen LogP contribution in [-0.2, 0) is 6.61 Å². The molecule has 0 saturated heterocycles. The zero-order valence-electron chi connectivity index (χ0n) is 13.2. The second kappa shape index (κ2) is 7.80. The molecule has 3 N–H and O–H groups in total. The molecule has 0 aromatic heterocycles. The van der Waals surface area contributed by atoms with E-state index in [1.165, 1.54) is 13.1 Å². The van der Waals surface area contributed by atoms with Crippen LogP contribution in [0.5, 0.6) is 11.5 Å². The number of hydrogen-bond donors (Lipinski definition) is 3. The van der Waals surface area contributed by atoms with Crippen molar-refractivity contribution < 1.29 is 28.7 Å². The SMILES string of the molecule is CNC(=O)c1cc(OCc2ccc(OC)cc2)c(F)c(B(O)O)c1. The van der Waals surface area contributed by atoms with E-state index in [1.807, 2.05) is 0 Å². The molecule has 0 aliphatic rings. The van der Waals surface area contributed by atoms with Crippen molar-refractivity contribution in [3.05, 3.63) is 53.3 Å². The van der Waals surface area contributed by atoms with E-state index in [-0.39, 0.29) is 17.9 Å². The van der Waals surface area contributed by atoms with Crippen molar-refractivity contribution in [1.82, 2.24) is 5.32 Å². The van der Waals surface area contributed by atoms with Crippen LogP contribution in [0.25, 0.3) is 0 Å². The zero-order chi connectivity index (χ0) is 17.7. The molecule has 0 heterocycles. The topological polar surface area (TPSA) is 88.0 Å². The maximum Gasteiger partial charge on any atom is 0.491 e. The summed E-state index contributed by atoms with van der Waals surface area (Å²) in [6.07, 6.45) is 0. The normalized spacial score (nSPS) is 10.2. The molecule has 1 amide bonds. The van der Waals surface area contributed by atoms with E-state index < -0.39 is 24.3 Å². The number of halogens is 1. The van der Waals surface area contributed by atoms with Crippen LogP contribution in [0.15, 0.2) is 36.4 Å². The molecular formula is C16H17BFNO5. The number of carbonyl (C=O) groups is 1. The maximum absolute atomic E-state index is 14.3. The Hall–Kier alpha value is -2.58. The third kappa shape index (κ3) is 4.04. The van der Waals surface area contributed by atoms with Crippen molar-refractivity contribution >= 4 is 18.5 Å². The van der Waals surface area contributed by atoms with Crippen LogP contribution in [0.2, 0.25) is 0 Å². The van der Waals surface area contributed by atoms with E-state index >= 15 is 0 Å². The van der Waals surface area contributed by atoms with Gasteiger partial charge in [0.25, 0.3) is 5.91 Å². The Morgan fingerprint density at radius 3 is 2.46 bits per heavy atom. The van der Waals surface area contributed by atoms with Crippen LogP contribution in [0.4, 0.5) is 4.39 Å². The lowest BCUT2D eigenvalue weighted by molar-refractivity contribution is 0.0962. The Morgan fingerprint density at radius 1 is 1.25 bits per heavy atom. The van der Waals surface area contributed by atoms with Gasteiger partial charge >= 0.3 is 7.12 Å². The number of ether oxygens (including phenoxy) is 2. The summed E-state index contributed by atoms with van der Waals surface area (Å²) in [6, 6.07) is 9.25. The lowest BCUT2D eigenvalue weighted by atomic mass is 9.78. The predicted molar refractivity (Wildman–Crippen MR) is 86.9 cm³/mol. The minimum absolute atomic E-state index is 0.0407. The third-order valence-corrected chi connectivity index (χ3v) is 3.39. The minimum atomic E-state index is -2.06. The van der Waals surface area contributed by atoms with Crippen molar-refractivity contribution in [2.75, 3.05) is 14.2 Å². The molecule has 0 unspecified atom stereocenters. The number of rotatable bonds is 6. The molecule has 2 rings (SSSR count). The average Bonchev–Trinajstić information content (AvgIpc) is 2.60. The zero-order valence-corrected chi connectivity index (χ0v) is 13.2. The highest BCUT2D eigenvalue weighted by atomic mass is 19.1. The van der Waals surface area contributed by atoms with Gasteiger partial charge in [0, 0.05) is 18.1 Å². The predicted octanol–water partition coefficient (Wildman–Crippen LogP) is 0.453. The van der Waals surface area contributed by atoms with Crippen molar-refractivity contribution in [3.8, 4) is 11.5 Å². The number of nitrogens with one attached hydrogen (secondary N) is 1. The summed E-state index contributed by atoms with van der Waals surface area (Å²) in [6.45, 7) is 0.0407. The van der Waals surface area contributed by atoms with Gasteiger partial charge < -0.3 is 24.8 Å². The van der Waals surface area contributed by atoms with Gasteiger partial charge in [-0.15, -0.1) is 0 Å². The van der Waals surface area contributed by atoms with Gasteiger partial charge in [0.1, 0.15) is 12.4 Å². The van der Waals surface area contributed by atoms with E-state index in [0.29, 0.717) is 5.75 Å². The van der Waals surface area contributed by atoms with Gasteiger partial charge in [-0.3, -0.25) is 4.79 Å². The molecule has 0 aliphatic carbocycles. The van der Waals surface area contributed by atoms with E-state index in [4.69, 9.17) is 9.47 Å². The van der Waals surface area contributed by atoms with E-state index in [9.17, 15) is 19.2 Å². The molecule has 0 saturated carbocycles. The van der Waals surface area contributed by atoms with E-state index in [2.05, 4.69) is 5.32 Å². The van der Waals surface area contributed by atoms with Crippen molar-refractivity contribution in [2.45, 2.75) is 6.61 Å². The lowest BCUT2D eigenvalue weighted by Gasteiger charge is -2.13. The molecule has 0 atom stereocenters. The molecule has 0 aliphatic heterocycles. The van der Waals surface area contributed by atoms with Crippen molar-refractivity contribution in [2.24, 2.45) is 0 Å². The molecule has 0 bridgehead atoms. The fourth-order valence-corrected chi connectivity index (χ4v) is 2.07. The third-order valence-electron chi connectivity index (χ3n) is 3.39. The second-order valence-corrected chi connectivity index (χ2v) is 4.97. The summed E-state index contributed by atoms with van der Waals surface area (Å²) in [7, 11) is 0.906. The van der Waals surface area contributed by atoms with E-state index in [0.717, 1.165) is 11.6 Å². The van der Waals surface area contributed by atoms with Crippen LogP contribution >= 0.6 is 0 Å². The van der Waals surface area contributed by atoms with Crippen LogP contribution in [0.1, 0.15) is 15.9 Å². The summed E-state index contributed by atoms with van der Waals surface area (Å²) >= 11 is 0. The van der Waals surface area contributed by atoms with Gasteiger partial charge in [-0.25, -0.2) is 4.39 Å². The van der Waals surface area contributed by atoms with Gasteiger partial charge in [0.2, 0.25) is 0 Å². The summed E-state index contributed by atoms with van der Waals surface area (Å²) in [5.41, 5.74) is 0.388. The van der Waals surface area contributed by atoms with Crippen LogP contribution < -0.4 is 20.3 Å². The smallest absolute Gasteiger partial charge is 0.491 e. The molecule has 126 valence electrons. The molecule has 0 radical (unpaired) electrons. The average molecular weight is 333 g/mol. The van der Waals surface area contributed by atoms with Crippen LogP contribution in [-0.4, -0.2) is 37.2 Å². The molecule has 8 heteroatoms. The first-order chi connectivity index (χ1) is 11.5. The summed E-state index contributed by atoms with van der Waals surface area (Å²) in [5.74, 6) is -0.982. The summed E-state index contributed by atoms with van der Waals surface area (Å²) in [4.78, 5) is 11.7. The minimum Gasteiger partial charge on any atom is -0.497 e. The Labute approximate surface area is 139 Å². The van der Waals surface area contributed by atoms with Crippen LogP contribution in [0, 0.1) is 5.82 Å². The van der Waals surface area contributed by atoms with Crippen molar-refractivity contribution in [3.63, 3.8) is 0 Å². The Bertz CT molecular complexity index is 721. The van der Waals surface area contributed by atoms with Crippen LogP contribution in [0.3, 0.4) is 0 Å². The number of benzene rings is 2. The Kier molecular flexibility index (Phi) is 5.78. The highest BCUT2D eigenvalue weighted by Crippen LogP contribution is 2.20. The standard InChI is InChI=1S/C16H17BFNO5/c1-19-16(20)11-7-13(17(21)22)15(18)14(8-11)24-9-10-3-5-12(23-2)6-4-10/h3-8,21-22H,9H2,1-2H3,(H,19,20). The number of carbonyl (C=O) groups excluding carboxylic acids is 1. The monoisotopic (exact) mass is 333 g/mol. The van der Waals surface area contributed by atoms with Crippen molar-refractivity contribution in [1.29, 1.82) is 0 Å². The number of methoxy groups -OCH3 is 1. The molecule has 0 fully saturated rings.